The van der Waals surface area contributed by atoms with E-state index < -0.39 is 0 Å². The minimum Gasteiger partial charge on any atom is -0.383 e. The summed E-state index contributed by atoms with van der Waals surface area (Å²) in [6, 6.07) is 4.49. The minimum absolute atomic E-state index is 0.539. The first-order valence-electron chi connectivity index (χ1n) is 7.48. The van der Waals surface area contributed by atoms with Crippen LogP contribution in [0.3, 0.4) is 0 Å². The molecule has 2 N–H and O–H groups in total. The van der Waals surface area contributed by atoms with E-state index in [0.717, 1.165) is 17.2 Å². The van der Waals surface area contributed by atoms with Crippen molar-refractivity contribution in [2.75, 3.05) is 5.73 Å². The first-order chi connectivity index (χ1) is 9.75. The molecule has 2 unspecified atom stereocenters. The van der Waals surface area contributed by atoms with Gasteiger partial charge in [-0.1, -0.05) is 19.8 Å². The van der Waals surface area contributed by atoms with Gasteiger partial charge in [-0.3, -0.25) is 0 Å². The number of imidazole rings is 1. The zero-order valence-corrected chi connectivity index (χ0v) is 12.0. The monoisotopic (exact) mass is 270 g/mol. The highest BCUT2D eigenvalue weighted by Crippen LogP contribution is 2.34. The van der Waals surface area contributed by atoms with E-state index in [1.54, 1.807) is 6.20 Å². The van der Waals surface area contributed by atoms with Crippen LogP contribution in [0, 0.1) is 5.92 Å². The van der Waals surface area contributed by atoms with Gasteiger partial charge in [-0.2, -0.15) is 0 Å². The van der Waals surface area contributed by atoms with Gasteiger partial charge in [-0.15, -0.1) is 0 Å². The van der Waals surface area contributed by atoms with E-state index in [-0.39, 0.29) is 0 Å². The van der Waals surface area contributed by atoms with Crippen LogP contribution >= 0.6 is 0 Å². The van der Waals surface area contributed by atoms with Crippen LogP contribution in [0.15, 0.2) is 30.9 Å². The van der Waals surface area contributed by atoms with Gasteiger partial charge in [0.05, 0.1) is 18.2 Å². The van der Waals surface area contributed by atoms with Crippen LogP contribution < -0.4 is 5.73 Å². The summed E-state index contributed by atoms with van der Waals surface area (Å²) < 4.78 is 2.30. The van der Waals surface area contributed by atoms with Gasteiger partial charge < -0.3 is 10.3 Å². The summed E-state index contributed by atoms with van der Waals surface area (Å²) >= 11 is 0. The molecule has 2 atom stereocenters. The average molecular weight is 270 g/mol. The summed E-state index contributed by atoms with van der Waals surface area (Å²) in [5.41, 5.74) is 8.09. The van der Waals surface area contributed by atoms with E-state index in [9.17, 15) is 0 Å². The second kappa shape index (κ2) is 5.65. The zero-order chi connectivity index (χ0) is 13.9. The highest BCUT2D eigenvalue weighted by atomic mass is 15.1. The van der Waals surface area contributed by atoms with E-state index in [1.165, 1.54) is 32.1 Å². The Balaban J connectivity index is 1.92. The summed E-state index contributed by atoms with van der Waals surface area (Å²) in [7, 11) is 0. The summed E-state index contributed by atoms with van der Waals surface area (Å²) in [6.45, 7) is 2.36. The van der Waals surface area contributed by atoms with Gasteiger partial charge in [0.15, 0.2) is 0 Å². The van der Waals surface area contributed by atoms with Gasteiger partial charge in [-0.25, -0.2) is 9.97 Å². The van der Waals surface area contributed by atoms with Gasteiger partial charge in [0.1, 0.15) is 5.82 Å². The summed E-state index contributed by atoms with van der Waals surface area (Å²) in [4.78, 5) is 8.53. The van der Waals surface area contributed by atoms with Gasteiger partial charge in [0, 0.05) is 17.8 Å². The quantitative estimate of drug-likeness (QED) is 0.847. The molecule has 0 saturated heterocycles. The first-order valence-corrected chi connectivity index (χ1v) is 7.48. The fourth-order valence-corrected chi connectivity index (χ4v) is 3.18. The van der Waals surface area contributed by atoms with Crippen molar-refractivity contribution in [3.63, 3.8) is 0 Å². The molecule has 0 amide bonds. The topological polar surface area (TPSA) is 56.7 Å². The standard InChI is InChI=1S/C16H22N4/c1-12-4-2-5-13(8-7-12)20-11-18-10-15(20)14-6-3-9-19-16(14)17/h3,6,9-13H,2,4-5,7-8H2,1H3,(H2,17,19). The number of nitrogens with zero attached hydrogens (tertiary/aromatic N) is 3. The Kier molecular flexibility index (Phi) is 3.72. The predicted molar refractivity (Wildman–Crippen MR) is 81.2 cm³/mol. The first kappa shape index (κ1) is 13.2. The Hall–Kier alpha value is -1.84. The molecule has 0 aromatic carbocycles. The van der Waals surface area contributed by atoms with Crippen LogP contribution in [-0.2, 0) is 0 Å². The number of rotatable bonds is 2. The highest BCUT2D eigenvalue weighted by Gasteiger charge is 2.20. The van der Waals surface area contributed by atoms with Crippen molar-refractivity contribution in [2.24, 2.45) is 5.92 Å². The fraction of sp³-hybridized carbons (Fsp3) is 0.500. The van der Waals surface area contributed by atoms with E-state index in [0.29, 0.717) is 11.9 Å². The molecule has 1 aliphatic rings. The summed E-state index contributed by atoms with van der Waals surface area (Å²) in [5.74, 6) is 1.42. The Bertz CT molecular complexity index is 575. The number of nitrogens with two attached hydrogens (primary N) is 1. The largest absolute Gasteiger partial charge is 0.383 e. The molecule has 3 rings (SSSR count). The van der Waals surface area contributed by atoms with Gasteiger partial charge >= 0.3 is 0 Å². The Morgan fingerprint density at radius 2 is 2.15 bits per heavy atom. The molecule has 4 nitrogen and oxygen atoms in total. The van der Waals surface area contributed by atoms with Gasteiger partial charge in [0.25, 0.3) is 0 Å². The van der Waals surface area contributed by atoms with Crippen molar-refractivity contribution in [1.82, 2.24) is 14.5 Å². The number of nitrogen functional groups attached to an aromatic ring is 1. The van der Waals surface area contributed by atoms with E-state index in [1.807, 2.05) is 24.7 Å². The van der Waals surface area contributed by atoms with Crippen molar-refractivity contribution in [3.8, 4) is 11.3 Å². The van der Waals surface area contributed by atoms with Crippen molar-refractivity contribution >= 4 is 5.82 Å². The van der Waals surface area contributed by atoms with Crippen LogP contribution in [0.5, 0.6) is 0 Å². The maximum absolute atomic E-state index is 6.01. The number of pyridine rings is 1. The Morgan fingerprint density at radius 3 is 3.00 bits per heavy atom. The lowest BCUT2D eigenvalue weighted by Crippen LogP contribution is -2.09. The molecule has 106 valence electrons. The Labute approximate surface area is 120 Å². The number of hydrogen-bond donors (Lipinski definition) is 1. The maximum Gasteiger partial charge on any atom is 0.132 e. The van der Waals surface area contributed by atoms with Crippen LogP contribution in [0.2, 0.25) is 0 Å². The molecule has 2 aromatic heterocycles. The van der Waals surface area contributed by atoms with Crippen LogP contribution in [0.1, 0.15) is 45.1 Å². The van der Waals surface area contributed by atoms with Crippen molar-refractivity contribution < 1.29 is 0 Å². The van der Waals surface area contributed by atoms with Crippen molar-refractivity contribution in [2.45, 2.75) is 45.1 Å². The van der Waals surface area contributed by atoms with Crippen molar-refractivity contribution in [3.05, 3.63) is 30.9 Å². The summed E-state index contributed by atoms with van der Waals surface area (Å²) in [6.07, 6.45) is 12.0. The predicted octanol–water partition coefficient (Wildman–Crippen LogP) is 3.67. The second-order valence-electron chi connectivity index (χ2n) is 5.89. The molecule has 0 radical (unpaired) electrons. The molecule has 1 fully saturated rings. The molecule has 1 saturated carbocycles. The lowest BCUT2D eigenvalue weighted by atomic mass is 10.0. The molecular weight excluding hydrogens is 248 g/mol. The van der Waals surface area contributed by atoms with Crippen molar-refractivity contribution in [1.29, 1.82) is 0 Å². The number of hydrogen-bond acceptors (Lipinski definition) is 3. The molecule has 0 aliphatic heterocycles. The molecule has 0 spiro atoms. The summed E-state index contributed by atoms with van der Waals surface area (Å²) in [5, 5.41) is 0. The molecule has 4 heteroatoms. The highest BCUT2D eigenvalue weighted by molar-refractivity contribution is 5.70. The van der Waals surface area contributed by atoms with E-state index >= 15 is 0 Å². The molecule has 2 heterocycles. The fourth-order valence-electron chi connectivity index (χ4n) is 3.18. The SMILES string of the molecule is CC1CCCC(n2cncc2-c2cccnc2N)CC1. The third-order valence-corrected chi connectivity index (χ3v) is 4.40. The number of anilines is 1. The zero-order valence-electron chi connectivity index (χ0n) is 12.0. The van der Waals surface area contributed by atoms with Gasteiger partial charge in [0.2, 0.25) is 0 Å². The average Bonchev–Trinajstić information content (AvgIpc) is 2.82. The maximum atomic E-state index is 6.01. The van der Waals surface area contributed by atoms with E-state index in [2.05, 4.69) is 21.5 Å². The smallest absolute Gasteiger partial charge is 0.132 e. The second-order valence-corrected chi connectivity index (χ2v) is 5.89. The molecule has 2 aromatic rings. The third kappa shape index (κ3) is 2.55. The number of aromatic nitrogens is 3. The van der Waals surface area contributed by atoms with Crippen LogP contribution in [0.4, 0.5) is 5.82 Å². The lowest BCUT2D eigenvalue weighted by molar-refractivity contribution is 0.435. The minimum atomic E-state index is 0.539. The van der Waals surface area contributed by atoms with Crippen LogP contribution in [-0.4, -0.2) is 14.5 Å². The van der Waals surface area contributed by atoms with E-state index in [4.69, 9.17) is 5.73 Å². The molecular formula is C16H22N4. The van der Waals surface area contributed by atoms with Gasteiger partial charge in [-0.05, 0) is 37.3 Å². The molecule has 0 bridgehead atoms. The third-order valence-electron chi connectivity index (χ3n) is 4.40. The molecule has 1 aliphatic carbocycles. The lowest BCUT2D eigenvalue weighted by Gasteiger charge is -2.19. The Morgan fingerprint density at radius 1 is 1.25 bits per heavy atom. The van der Waals surface area contributed by atoms with Crippen LogP contribution in [0.25, 0.3) is 11.3 Å². The molecule has 20 heavy (non-hydrogen) atoms. The normalized spacial score (nSPS) is 23.4.